The summed E-state index contributed by atoms with van der Waals surface area (Å²) in [6.07, 6.45) is 12.6. The van der Waals surface area contributed by atoms with E-state index in [1.807, 2.05) is 24.3 Å². The summed E-state index contributed by atoms with van der Waals surface area (Å²) in [6, 6.07) is 5.54. The number of carbonyl (C=O) groups is 2. The molecule has 4 heterocycles. The fourth-order valence-electron chi connectivity index (χ4n) is 4.76. The minimum Gasteiger partial charge on any atom is -0.481 e. The van der Waals surface area contributed by atoms with E-state index in [1.165, 1.54) is 17.4 Å². The largest absolute Gasteiger partial charge is 0.481 e. The maximum Gasteiger partial charge on any atom is 0.417 e. The first kappa shape index (κ1) is 26.2. The van der Waals surface area contributed by atoms with Gasteiger partial charge in [-0.3, -0.25) is 14.7 Å². The number of methoxy groups -OCH3 is 1. The number of pyridine rings is 2. The molecule has 1 N–H and O–H groups in total. The summed E-state index contributed by atoms with van der Waals surface area (Å²) >= 11 is 0. The number of hydrogen-bond acceptors (Lipinski definition) is 9. The highest BCUT2D eigenvalue weighted by molar-refractivity contribution is 5.78. The van der Waals surface area contributed by atoms with Crippen LogP contribution in [-0.2, 0) is 25.4 Å². The number of carboxylic acid groups (broad SMARTS) is 1. The lowest BCUT2D eigenvalue weighted by atomic mass is 10.0. The van der Waals surface area contributed by atoms with Gasteiger partial charge < -0.3 is 24.1 Å². The Morgan fingerprint density at radius 2 is 2.18 bits per heavy atom. The topological polar surface area (TPSA) is 124 Å². The number of ether oxygens (including phenoxy) is 4. The Labute approximate surface area is 225 Å². The van der Waals surface area contributed by atoms with Crippen molar-refractivity contribution in [2.45, 2.75) is 31.8 Å². The van der Waals surface area contributed by atoms with Gasteiger partial charge in [-0.25, -0.2) is 14.7 Å². The number of rotatable bonds is 11. The molecular formula is C28H30N4O7. The zero-order valence-electron chi connectivity index (χ0n) is 21.6. The predicted molar refractivity (Wildman–Crippen MR) is 140 cm³/mol. The Bertz CT molecular complexity index is 1370. The molecule has 11 nitrogen and oxygen atoms in total. The van der Waals surface area contributed by atoms with E-state index in [9.17, 15) is 14.7 Å². The Morgan fingerprint density at radius 1 is 1.28 bits per heavy atom. The molecule has 0 saturated carbocycles. The van der Waals surface area contributed by atoms with Gasteiger partial charge in [0.15, 0.2) is 12.0 Å². The lowest BCUT2D eigenvalue weighted by Crippen LogP contribution is -2.39. The number of fused-ring (bicyclic) bond motifs is 1. The number of aliphatic carboxylic acids is 1. The smallest absolute Gasteiger partial charge is 0.417 e. The SMILES string of the molecule is COc1ccc2nccc(CCCN(CC(=O)O)C[C@@H]3CN(C4=COC=C(C5=CC=CCC5)O4)C(=O)O3)c2n1. The number of cyclic esters (lactones) is 1. The average Bonchev–Trinajstić information content (AvgIpc) is 3.32. The number of nitrogens with zero attached hydrogens (tertiary/aromatic N) is 4. The van der Waals surface area contributed by atoms with Crippen LogP contribution in [0.4, 0.5) is 4.79 Å². The lowest BCUT2D eigenvalue weighted by molar-refractivity contribution is -0.138. The molecule has 0 bridgehead atoms. The quantitative estimate of drug-likeness (QED) is 0.456. The monoisotopic (exact) mass is 534 g/mol. The molecule has 0 unspecified atom stereocenters. The molecule has 1 saturated heterocycles. The summed E-state index contributed by atoms with van der Waals surface area (Å²) in [6.45, 7) is 0.804. The maximum absolute atomic E-state index is 12.7. The van der Waals surface area contributed by atoms with Gasteiger partial charge in [0.05, 0.1) is 31.2 Å². The fraction of sp³-hybridized carbons (Fsp3) is 0.357. The second kappa shape index (κ2) is 12.0. The van der Waals surface area contributed by atoms with Gasteiger partial charge in [0.25, 0.3) is 0 Å². The van der Waals surface area contributed by atoms with Crippen LogP contribution in [-0.4, -0.2) is 76.3 Å². The normalized spacial score (nSPS) is 18.7. The highest BCUT2D eigenvalue weighted by atomic mass is 16.6. The maximum atomic E-state index is 12.7. The fourth-order valence-corrected chi connectivity index (χ4v) is 4.76. The summed E-state index contributed by atoms with van der Waals surface area (Å²) < 4.78 is 22.2. The predicted octanol–water partition coefficient (Wildman–Crippen LogP) is 3.74. The van der Waals surface area contributed by atoms with Gasteiger partial charge in [0, 0.05) is 18.8 Å². The van der Waals surface area contributed by atoms with Gasteiger partial charge in [0.1, 0.15) is 12.4 Å². The van der Waals surface area contributed by atoms with Crippen LogP contribution in [0.3, 0.4) is 0 Å². The molecule has 0 aromatic carbocycles. The molecular weight excluding hydrogens is 504 g/mol. The number of carboxylic acids is 1. The number of hydrogen-bond donors (Lipinski definition) is 1. The summed E-state index contributed by atoms with van der Waals surface area (Å²) in [5, 5.41) is 9.48. The first-order valence-electron chi connectivity index (χ1n) is 12.8. The minimum absolute atomic E-state index is 0.173. The molecule has 204 valence electrons. The lowest BCUT2D eigenvalue weighted by Gasteiger charge is -2.24. The zero-order chi connectivity index (χ0) is 27.2. The third kappa shape index (κ3) is 6.37. The summed E-state index contributed by atoms with van der Waals surface area (Å²) in [7, 11) is 1.57. The van der Waals surface area contributed by atoms with Crippen molar-refractivity contribution in [1.82, 2.24) is 19.8 Å². The van der Waals surface area contributed by atoms with E-state index in [2.05, 4.69) is 16.0 Å². The van der Waals surface area contributed by atoms with Crippen LogP contribution < -0.4 is 4.74 Å². The molecule has 1 aliphatic carbocycles. The molecule has 1 amide bonds. The van der Waals surface area contributed by atoms with Crippen molar-refractivity contribution in [2.75, 3.05) is 33.3 Å². The zero-order valence-corrected chi connectivity index (χ0v) is 21.6. The van der Waals surface area contributed by atoms with Crippen molar-refractivity contribution in [1.29, 1.82) is 0 Å². The van der Waals surface area contributed by atoms with Gasteiger partial charge in [0.2, 0.25) is 11.8 Å². The van der Waals surface area contributed by atoms with Crippen LogP contribution in [0.2, 0.25) is 0 Å². The van der Waals surface area contributed by atoms with Crippen molar-refractivity contribution < 1.29 is 33.6 Å². The van der Waals surface area contributed by atoms with E-state index in [1.54, 1.807) is 24.3 Å². The number of aryl methyl sites for hydroxylation is 1. The van der Waals surface area contributed by atoms with Gasteiger partial charge in [-0.05, 0) is 55.5 Å². The number of allylic oxidation sites excluding steroid dienone is 4. The first-order chi connectivity index (χ1) is 19.0. The summed E-state index contributed by atoms with van der Waals surface area (Å²) in [5.74, 6) is 0.353. The molecule has 2 aromatic heterocycles. The molecule has 0 radical (unpaired) electrons. The standard InChI is InChI=1S/C28H30N4O7/c1-36-24-10-9-22-27(30-24)20(11-12-29-22)8-5-13-31(16-26(33)34)14-21-15-32(28(35)38-21)25-18-37-17-23(39-25)19-6-3-2-4-7-19/h2-3,6,9-12,17-18,21H,4-5,7-8,13-16H2,1H3,(H,33,34)/t21-/m1/s1. The first-order valence-corrected chi connectivity index (χ1v) is 12.8. The Morgan fingerprint density at radius 3 is 2.97 bits per heavy atom. The Hall–Kier alpha value is -4.38. The van der Waals surface area contributed by atoms with Crippen molar-refractivity contribution >= 4 is 23.1 Å². The molecule has 0 spiro atoms. The highest BCUT2D eigenvalue weighted by Gasteiger charge is 2.37. The van der Waals surface area contributed by atoms with Gasteiger partial charge in [-0.2, -0.15) is 0 Å². The molecule has 5 rings (SSSR count). The van der Waals surface area contributed by atoms with Crippen LogP contribution in [0.5, 0.6) is 5.88 Å². The second-order valence-corrected chi connectivity index (χ2v) is 9.38. The molecule has 11 heteroatoms. The van der Waals surface area contributed by atoms with Crippen LogP contribution in [0, 0.1) is 0 Å². The average molecular weight is 535 g/mol. The van der Waals surface area contributed by atoms with E-state index in [0.717, 1.165) is 35.0 Å². The van der Waals surface area contributed by atoms with E-state index < -0.39 is 18.2 Å². The molecule has 2 aliphatic heterocycles. The molecule has 39 heavy (non-hydrogen) atoms. The van der Waals surface area contributed by atoms with E-state index in [0.29, 0.717) is 31.0 Å². The van der Waals surface area contributed by atoms with E-state index in [-0.39, 0.29) is 25.5 Å². The van der Waals surface area contributed by atoms with Crippen molar-refractivity contribution in [3.63, 3.8) is 0 Å². The number of carbonyl (C=O) groups excluding carboxylic acids is 1. The Balaban J connectivity index is 1.19. The summed E-state index contributed by atoms with van der Waals surface area (Å²) in [4.78, 5) is 36.3. The second-order valence-electron chi connectivity index (χ2n) is 9.38. The van der Waals surface area contributed by atoms with Crippen LogP contribution in [0.25, 0.3) is 11.0 Å². The third-order valence-electron chi connectivity index (χ3n) is 6.62. The van der Waals surface area contributed by atoms with Crippen LogP contribution in [0.1, 0.15) is 24.8 Å². The summed E-state index contributed by atoms with van der Waals surface area (Å²) in [5.41, 5.74) is 3.52. The van der Waals surface area contributed by atoms with Crippen molar-refractivity contribution in [3.05, 3.63) is 77.9 Å². The van der Waals surface area contributed by atoms with Crippen LogP contribution >= 0.6 is 0 Å². The van der Waals surface area contributed by atoms with Crippen molar-refractivity contribution in [2.24, 2.45) is 0 Å². The van der Waals surface area contributed by atoms with Gasteiger partial charge >= 0.3 is 12.1 Å². The molecule has 2 aromatic rings. The molecule has 3 aliphatic rings. The van der Waals surface area contributed by atoms with Gasteiger partial charge in [-0.1, -0.05) is 18.2 Å². The molecule has 1 atom stereocenters. The minimum atomic E-state index is -0.951. The van der Waals surface area contributed by atoms with Crippen molar-refractivity contribution in [3.8, 4) is 5.88 Å². The Kier molecular flexibility index (Phi) is 8.07. The van der Waals surface area contributed by atoms with Gasteiger partial charge in [-0.15, -0.1) is 0 Å². The van der Waals surface area contributed by atoms with E-state index in [4.69, 9.17) is 18.9 Å². The number of aromatic nitrogens is 2. The van der Waals surface area contributed by atoms with Crippen LogP contribution in [0.15, 0.2) is 72.4 Å². The van der Waals surface area contributed by atoms with E-state index >= 15 is 0 Å². The number of amides is 1. The third-order valence-corrected chi connectivity index (χ3v) is 6.62. The highest BCUT2D eigenvalue weighted by Crippen LogP contribution is 2.29. The molecule has 1 fully saturated rings.